The van der Waals surface area contributed by atoms with E-state index in [9.17, 15) is 4.39 Å². The highest BCUT2D eigenvalue weighted by Crippen LogP contribution is 2.28. The molecule has 2 aromatic heterocycles. The zero-order chi connectivity index (χ0) is 22.3. The van der Waals surface area contributed by atoms with Crippen molar-refractivity contribution in [1.29, 1.82) is 0 Å². The van der Waals surface area contributed by atoms with Gasteiger partial charge in [-0.05, 0) is 62.1 Å². The van der Waals surface area contributed by atoms with Gasteiger partial charge in [0, 0.05) is 23.3 Å². The van der Waals surface area contributed by atoms with Crippen molar-refractivity contribution in [2.45, 2.75) is 38.3 Å². The quantitative estimate of drug-likeness (QED) is 0.224. The van der Waals surface area contributed by atoms with Crippen LogP contribution in [-0.4, -0.2) is 26.1 Å². The molecule has 0 spiro atoms. The first-order chi connectivity index (χ1) is 15.6. The summed E-state index contributed by atoms with van der Waals surface area (Å²) in [6.45, 7) is 4.04. The molecule has 164 valence electrons. The molecule has 0 bridgehead atoms. The normalized spacial score (nSPS) is 11.8. The van der Waals surface area contributed by atoms with Crippen molar-refractivity contribution in [2.75, 3.05) is 5.75 Å². The van der Waals surface area contributed by atoms with Crippen molar-refractivity contribution in [1.82, 2.24) is 20.4 Å². The summed E-state index contributed by atoms with van der Waals surface area (Å²) in [5, 5.41) is 17.1. The van der Waals surface area contributed by atoms with Gasteiger partial charge in [-0.1, -0.05) is 42.1 Å². The highest BCUT2D eigenvalue weighted by Gasteiger charge is 2.14. The van der Waals surface area contributed by atoms with E-state index in [1.165, 1.54) is 23.9 Å². The summed E-state index contributed by atoms with van der Waals surface area (Å²) in [6.07, 6.45) is 4.50. The summed E-state index contributed by atoms with van der Waals surface area (Å²) in [6, 6.07) is 14.1. The fraction of sp³-hybridized carbons (Fsp3) is 0.250. The molecule has 0 N–H and O–H groups in total. The van der Waals surface area contributed by atoms with Crippen LogP contribution in [0.2, 0.25) is 0 Å². The van der Waals surface area contributed by atoms with E-state index in [-0.39, 0.29) is 5.82 Å². The number of nitrogens with zero attached hydrogens (tertiary/aromatic N) is 4. The molecule has 0 amide bonds. The van der Waals surface area contributed by atoms with Gasteiger partial charge in [-0.25, -0.2) is 4.39 Å². The monoisotopic (exact) mass is 450 g/mol. The Morgan fingerprint density at radius 2 is 1.78 bits per heavy atom. The Labute approximate surface area is 190 Å². The number of aromatic nitrogens is 4. The first-order valence-corrected chi connectivity index (χ1v) is 11.4. The fourth-order valence-electron chi connectivity index (χ4n) is 3.25. The third-order valence-electron chi connectivity index (χ3n) is 4.93. The Bertz CT molecular complexity index is 1200. The van der Waals surface area contributed by atoms with Crippen LogP contribution in [0.4, 0.5) is 4.39 Å². The van der Waals surface area contributed by atoms with Crippen LogP contribution in [0.1, 0.15) is 42.7 Å². The fourth-order valence-corrected chi connectivity index (χ4v) is 4.01. The van der Waals surface area contributed by atoms with Crippen molar-refractivity contribution in [3.8, 4) is 11.5 Å². The Kier molecular flexibility index (Phi) is 7.11. The van der Waals surface area contributed by atoms with Gasteiger partial charge in [0.25, 0.3) is 5.22 Å². The van der Waals surface area contributed by atoms with Crippen molar-refractivity contribution in [2.24, 2.45) is 0 Å². The SMILES string of the molecule is C/C=C(/c1nnc(SCCCCc2nnc(-c3ccc(F)cc3)o2)o1)c1ccccc1C. The molecule has 8 heteroatoms. The van der Waals surface area contributed by atoms with E-state index in [2.05, 4.69) is 39.5 Å². The number of unbranched alkanes of at least 4 members (excludes halogenated alkanes) is 1. The molecule has 0 saturated heterocycles. The van der Waals surface area contributed by atoms with E-state index in [1.54, 1.807) is 12.1 Å². The van der Waals surface area contributed by atoms with E-state index in [4.69, 9.17) is 8.83 Å². The molecular weight excluding hydrogens is 427 g/mol. The van der Waals surface area contributed by atoms with Crippen LogP contribution in [0.25, 0.3) is 17.0 Å². The zero-order valence-electron chi connectivity index (χ0n) is 17.9. The largest absolute Gasteiger partial charge is 0.421 e. The van der Waals surface area contributed by atoms with Crippen molar-refractivity contribution >= 4 is 17.3 Å². The third kappa shape index (κ3) is 5.31. The number of aryl methyl sites for hydroxylation is 2. The molecule has 0 atom stereocenters. The van der Waals surface area contributed by atoms with Crippen LogP contribution in [0.5, 0.6) is 0 Å². The smallest absolute Gasteiger partial charge is 0.276 e. The maximum absolute atomic E-state index is 13.0. The number of rotatable bonds is 9. The minimum Gasteiger partial charge on any atom is -0.421 e. The summed E-state index contributed by atoms with van der Waals surface area (Å²) in [7, 11) is 0. The standard InChI is InChI=1S/C24H23FN4O2S/c1-3-19(20-9-5-4-8-16(20)2)23-28-29-24(31-23)32-15-7-6-10-21-26-27-22(30-21)17-11-13-18(25)14-12-17/h3-5,8-9,11-14H,6-7,10,15H2,1-2H3/b19-3+. The number of halogens is 1. The average molecular weight is 451 g/mol. The average Bonchev–Trinajstić information content (AvgIpc) is 3.46. The molecule has 0 radical (unpaired) electrons. The lowest BCUT2D eigenvalue weighted by atomic mass is 10.0. The number of allylic oxidation sites excluding steroid dienone is 1. The lowest BCUT2D eigenvalue weighted by Crippen LogP contribution is -1.91. The molecule has 0 fully saturated rings. The Morgan fingerprint density at radius 1 is 0.969 bits per heavy atom. The van der Waals surface area contributed by atoms with E-state index in [0.29, 0.717) is 34.9 Å². The summed E-state index contributed by atoms with van der Waals surface area (Å²) in [4.78, 5) is 0. The van der Waals surface area contributed by atoms with Gasteiger partial charge in [0.15, 0.2) is 0 Å². The van der Waals surface area contributed by atoms with Crippen LogP contribution < -0.4 is 0 Å². The molecule has 0 aliphatic heterocycles. The van der Waals surface area contributed by atoms with Gasteiger partial charge in [-0.15, -0.1) is 20.4 Å². The van der Waals surface area contributed by atoms with Crippen LogP contribution >= 0.6 is 11.8 Å². The second-order valence-electron chi connectivity index (χ2n) is 7.20. The zero-order valence-corrected chi connectivity index (χ0v) is 18.7. The number of hydrogen-bond donors (Lipinski definition) is 0. The molecule has 0 unspecified atom stereocenters. The topological polar surface area (TPSA) is 77.8 Å². The van der Waals surface area contributed by atoms with Crippen LogP contribution in [0, 0.1) is 12.7 Å². The predicted octanol–water partition coefficient (Wildman–Crippen LogP) is 6.13. The summed E-state index contributed by atoms with van der Waals surface area (Å²) in [5.41, 5.74) is 3.90. The Balaban J connectivity index is 1.25. The molecule has 4 aromatic rings. The molecular formula is C24H23FN4O2S. The van der Waals surface area contributed by atoms with E-state index < -0.39 is 0 Å². The Hall–Kier alpha value is -3.26. The summed E-state index contributed by atoms with van der Waals surface area (Å²) < 4.78 is 24.6. The lowest BCUT2D eigenvalue weighted by molar-refractivity contribution is 0.443. The van der Waals surface area contributed by atoms with Crippen LogP contribution in [-0.2, 0) is 6.42 Å². The lowest BCUT2D eigenvalue weighted by Gasteiger charge is -2.06. The number of thioether (sulfide) groups is 1. The molecule has 0 saturated carbocycles. The Morgan fingerprint density at radius 3 is 2.56 bits per heavy atom. The van der Waals surface area contributed by atoms with E-state index in [1.807, 2.05) is 25.1 Å². The molecule has 6 nitrogen and oxygen atoms in total. The molecule has 4 rings (SSSR count). The first-order valence-electron chi connectivity index (χ1n) is 10.4. The van der Waals surface area contributed by atoms with E-state index >= 15 is 0 Å². The maximum atomic E-state index is 13.0. The van der Waals surface area contributed by atoms with Crippen LogP contribution in [0.3, 0.4) is 0 Å². The van der Waals surface area contributed by atoms with Crippen molar-refractivity contribution < 1.29 is 13.2 Å². The highest BCUT2D eigenvalue weighted by atomic mass is 32.2. The highest BCUT2D eigenvalue weighted by molar-refractivity contribution is 7.99. The maximum Gasteiger partial charge on any atom is 0.276 e. The summed E-state index contributed by atoms with van der Waals surface area (Å²) >= 11 is 1.54. The van der Waals surface area contributed by atoms with Crippen molar-refractivity contribution in [3.05, 3.63) is 83.3 Å². The minimum absolute atomic E-state index is 0.295. The van der Waals surface area contributed by atoms with Crippen molar-refractivity contribution in [3.63, 3.8) is 0 Å². The van der Waals surface area contributed by atoms with Gasteiger partial charge in [-0.2, -0.15) is 0 Å². The predicted molar refractivity (Wildman–Crippen MR) is 122 cm³/mol. The summed E-state index contributed by atoms with van der Waals surface area (Å²) in [5.74, 6) is 2.06. The van der Waals surface area contributed by atoms with Gasteiger partial charge in [-0.3, -0.25) is 0 Å². The second kappa shape index (κ2) is 10.4. The third-order valence-corrected chi connectivity index (χ3v) is 5.83. The number of benzene rings is 2. The van der Waals surface area contributed by atoms with E-state index in [0.717, 1.165) is 35.3 Å². The minimum atomic E-state index is -0.295. The second-order valence-corrected chi connectivity index (χ2v) is 8.25. The first kappa shape index (κ1) is 22.0. The molecule has 0 aliphatic rings. The van der Waals surface area contributed by atoms with Gasteiger partial charge in [0.2, 0.25) is 17.7 Å². The molecule has 2 aromatic carbocycles. The van der Waals surface area contributed by atoms with Gasteiger partial charge >= 0.3 is 0 Å². The van der Waals surface area contributed by atoms with Gasteiger partial charge in [0.05, 0.1) is 0 Å². The molecule has 2 heterocycles. The van der Waals surface area contributed by atoms with Gasteiger partial charge in [0.1, 0.15) is 5.82 Å². The number of hydrogen-bond acceptors (Lipinski definition) is 7. The van der Waals surface area contributed by atoms with Gasteiger partial charge < -0.3 is 8.83 Å². The molecule has 32 heavy (non-hydrogen) atoms. The molecule has 0 aliphatic carbocycles. The van der Waals surface area contributed by atoms with Crippen LogP contribution in [0.15, 0.2) is 68.7 Å².